The fraction of sp³-hybridized carbons (Fsp3) is 0.167. The van der Waals surface area contributed by atoms with E-state index in [2.05, 4.69) is 37.4 Å². The summed E-state index contributed by atoms with van der Waals surface area (Å²) in [5.74, 6) is 0.605. The lowest BCUT2D eigenvalue weighted by atomic mass is 10.00. The van der Waals surface area contributed by atoms with Crippen molar-refractivity contribution in [1.29, 1.82) is 0 Å². The number of carbonyl (C=O) groups excluding carboxylic acids is 1. The Morgan fingerprint density at radius 3 is 2.34 bits per heavy atom. The number of nitrogens with zero attached hydrogens (tertiary/aromatic N) is 1. The van der Waals surface area contributed by atoms with Gasteiger partial charge in [0.15, 0.2) is 0 Å². The van der Waals surface area contributed by atoms with Crippen LogP contribution in [0.2, 0.25) is 5.02 Å². The molecule has 0 unspecified atom stereocenters. The van der Waals surface area contributed by atoms with Crippen molar-refractivity contribution in [2.24, 2.45) is 5.10 Å². The Hall–Kier alpha value is -2.56. The zero-order valence-electron chi connectivity index (χ0n) is 16.7. The van der Waals surface area contributed by atoms with Crippen molar-refractivity contribution >= 4 is 35.5 Å². The third kappa shape index (κ3) is 5.72. The van der Waals surface area contributed by atoms with Gasteiger partial charge in [0.05, 0.1) is 6.21 Å². The first-order valence-electron chi connectivity index (χ1n) is 9.31. The molecule has 0 heterocycles. The highest BCUT2D eigenvalue weighted by molar-refractivity contribution is 7.98. The number of hydrogen-bond acceptors (Lipinski definition) is 3. The molecular formula is C24H23ClN2OS. The first kappa shape index (κ1) is 21.2. The van der Waals surface area contributed by atoms with E-state index in [0.29, 0.717) is 5.56 Å². The van der Waals surface area contributed by atoms with Gasteiger partial charge in [-0.05, 0) is 85.0 Å². The van der Waals surface area contributed by atoms with Gasteiger partial charge in [-0.1, -0.05) is 35.9 Å². The van der Waals surface area contributed by atoms with Crippen molar-refractivity contribution in [2.75, 3.05) is 0 Å². The highest BCUT2D eigenvalue weighted by Crippen LogP contribution is 2.24. The molecule has 0 saturated carbocycles. The molecule has 0 aliphatic carbocycles. The molecule has 0 saturated heterocycles. The summed E-state index contributed by atoms with van der Waals surface area (Å²) in [6, 6.07) is 19.4. The Bertz CT molecular complexity index is 1030. The van der Waals surface area contributed by atoms with Gasteiger partial charge in [-0.2, -0.15) is 5.10 Å². The van der Waals surface area contributed by atoms with Gasteiger partial charge in [0.2, 0.25) is 0 Å². The summed E-state index contributed by atoms with van der Waals surface area (Å²) < 4.78 is 0. The highest BCUT2D eigenvalue weighted by atomic mass is 35.5. The van der Waals surface area contributed by atoms with E-state index in [1.54, 1.807) is 18.0 Å². The van der Waals surface area contributed by atoms with Crippen LogP contribution in [0.4, 0.5) is 0 Å². The molecule has 1 N–H and O–H groups in total. The number of benzene rings is 3. The number of hydrazone groups is 1. The minimum atomic E-state index is -0.223. The molecule has 0 aliphatic rings. The number of thioether (sulfide) groups is 1. The monoisotopic (exact) mass is 422 g/mol. The van der Waals surface area contributed by atoms with Crippen molar-refractivity contribution in [1.82, 2.24) is 5.43 Å². The van der Waals surface area contributed by atoms with Gasteiger partial charge in [-0.25, -0.2) is 5.43 Å². The van der Waals surface area contributed by atoms with E-state index in [4.69, 9.17) is 11.6 Å². The number of rotatable bonds is 6. The average molecular weight is 423 g/mol. The van der Waals surface area contributed by atoms with E-state index in [9.17, 15) is 4.79 Å². The van der Waals surface area contributed by atoms with Gasteiger partial charge in [0, 0.05) is 21.2 Å². The third-order valence-electron chi connectivity index (χ3n) is 4.90. The molecular weight excluding hydrogens is 400 g/mol. The van der Waals surface area contributed by atoms with Crippen molar-refractivity contribution in [3.8, 4) is 0 Å². The molecule has 5 heteroatoms. The summed E-state index contributed by atoms with van der Waals surface area (Å²) in [7, 11) is 0. The third-order valence-corrected chi connectivity index (χ3v) is 6.24. The summed E-state index contributed by atoms with van der Waals surface area (Å²) in [6.45, 7) is 6.24. The van der Waals surface area contributed by atoms with Crippen molar-refractivity contribution in [3.63, 3.8) is 0 Å². The molecule has 29 heavy (non-hydrogen) atoms. The Morgan fingerprint density at radius 2 is 1.66 bits per heavy atom. The maximum Gasteiger partial charge on any atom is 0.271 e. The van der Waals surface area contributed by atoms with Gasteiger partial charge in [0.25, 0.3) is 5.91 Å². The van der Waals surface area contributed by atoms with E-state index in [0.717, 1.165) is 26.8 Å². The summed E-state index contributed by atoms with van der Waals surface area (Å²) in [5, 5.41) is 4.85. The second-order valence-corrected chi connectivity index (χ2v) is 8.35. The molecule has 0 spiro atoms. The van der Waals surface area contributed by atoms with Crippen molar-refractivity contribution in [2.45, 2.75) is 31.4 Å². The Morgan fingerprint density at radius 1 is 0.966 bits per heavy atom. The lowest BCUT2D eigenvalue weighted by Crippen LogP contribution is -2.17. The largest absolute Gasteiger partial charge is 0.271 e. The van der Waals surface area contributed by atoms with E-state index >= 15 is 0 Å². The molecule has 3 nitrogen and oxygen atoms in total. The quantitative estimate of drug-likeness (QED) is 0.287. The first-order valence-corrected chi connectivity index (χ1v) is 10.7. The molecule has 0 aromatic heterocycles. The van der Waals surface area contributed by atoms with Crippen LogP contribution in [0.5, 0.6) is 0 Å². The van der Waals surface area contributed by atoms with Crippen LogP contribution >= 0.6 is 23.4 Å². The molecule has 0 radical (unpaired) electrons. The summed E-state index contributed by atoms with van der Waals surface area (Å²) in [6.07, 6.45) is 1.69. The molecule has 3 rings (SSSR count). The Labute approximate surface area is 181 Å². The average Bonchev–Trinajstić information content (AvgIpc) is 2.73. The van der Waals surface area contributed by atoms with Gasteiger partial charge in [0.1, 0.15) is 0 Å². The van der Waals surface area contributed by atoms with E-state index < -0.39 is 0 Å². The number of hydrogen-bond donors (Lipinski definition) is 1. The van der Waals surface area contributed by atoms with E-state index in [1.807, 2.05) is 54.6 Å². The van der Waals surface area contributed by atoms with Crippen molar-refractivity contribution < 1.29 is 4.79 Å². The maximum atomic E-state index is 12.3. The summed E-state index contributed by atoms with van der Waals surface area (Å²) >= 11 is 7.64. The zero-order valence-corrected chi connectivity index (χ0v) is 18.3. The van der Waals surface area contributed by atoms with Crippen LogP contribution in [0.25, 0.3) is 0 Å². The molecule has 3 aromatic carbocycles. The number of halogens is 1. The number of amides is 1. The topological polar surface area (TPSA) is 41.5 Å². The second kappa shape index (κ2) is 9.77. The van der Waals surface area contributed by atoms with Crippen LogP contribution in [0, 0.1) is 20.8 Å². The van der Waals surface area contributed by atoms with Gasteiger partial charge >= 0.3 is 0 Å². The second-order valence-electron chi connectivity index (χ2n) is 6.86. The predicted molar refractivity (Wildman–Crippen MR) is 123 cm³/mol. The van der Waals surface area contributed by atoms with Crippen LogP contribution in [-0.4, -0.2) is 12.1 Å². The zero-order chi connectivity index (χ0) is 20.8. The Balaban J connectivity index is 1.56. The van der Waals surface area contributed by atoms with Crippen LogP contribution in [0.1, 0.15) is 38.2 Å². The molecule has 0 aliphatic heterocycles. The fourth-order valence-corrected chi connectivity index (χ4v) is 3.77. The van der Waals surface area contributed by atoms with Crippen LogP contribution < -0.4 is 5.43 Å². The molecule has 0 fully saturated rings. The molecule has 0 atom stereocenters. The maximum absolute atomic E-state index is 12.3. The van der Waals surface area contributed by atoms with Crippen molar-refractivity contribution in [3.05, 3.63) is 99.1 Å². The SMILES string of the molecule is Cc1ccc(/C=N\NC(=O)c2ccc(CSc3ccc(Cl)cc3)cc2)c(C)c1C. The lowest BCUT2D eigenvalue weighted by molar-refractivity contribution is 0.0955. The molecule has 148 valence electrons. The van der Waals surface area contributed by atoms with Gasteiger partial charge < -0.3 is 0 Å². The number of nitrogens with one attached hydrogen (secondary N) is 1. The van der Waals surface area contributed by atoms with E-state index in [-0.39, 0.29) is 5.91 Å². The molecule has 1 amide bonds. The fourth-order valence-electron chi connectivity index (χ4n) is 2.79. The van der Waals surface area contributed by atoms with Crippen LogP contribution in [0.3, 0.4) is 0 Å². The smallest absolute Gasteiger partial charge is 0.267 e. The highest BCUT2D eigenvalue weighted by Gasteiger charge is 2.05. The lowest BCUT2D eigenvalue weighted by Gasteiger charge is -2.07. The Kier molecular flexibility index (Phi) is 7.13. The van der Waals surface area contributed by atoms with E-state index in [1.165, 1.54) is 16.7 Å². The van der Waals surface area contributed by atoms with Gasteiger partial charge in [-0.3, -0.25) is 4.79 Å². The number of carbonyl (C=O) groups is 1. The van der Waals surface area contributed by atoms with Crippen LogP contribution in [-0.2, 0) is 5.75 Å². The normalized spacial score (nSPS) is 11.0. The molecule has 0 bridgehead atoms. The summed E-state index contributed by atoms with van der Waals surface area (Å²) in [4.78, 5) is 13.5. The number of aryl methyl sites for hydroxylation is 1. The minimum Gasteiger partial charge on any atom is -0.267 e. The van der Waals surface area contributed by atoms with Crippen LogP contribution in [0.15, 0.2) is 70.7 Å². The minimum absolute atomic E-state index is 0.223. The standard InChI is InChI=1S/C24H23ClN2OS/c1-16-4-7-21(18(3)17(16)2)14-26-27-24(28)20-8-5-19(6-9-20)15-29-23-12-10-22(25)11-13-23/h4-14H,15H2,1-3H3,(H,27,28)/b26-14-. The predicted octanol–water partition coefficient (Wildman–Crippen LogP) is 6.32. The summed E-state index contributed by atoms with van der Waals surface area (Å²) in [5.41, 5.74) is 9.00. The van der Waals surface area contributed by atoms with Gasteiger partial charge in [-0.15, -0.1) is 11.8 Å². The first-order chi connectivity index (χ1) is 13.9. The molecule has 3 aromatic rings.